The van der Waals surface area contributed by atoms with E-state index >= 15 is 0 Å². The molecule has 0 bridgehead atoms. The number of ether oxygens (including phenoxy) is 1. The van der Waals surface area contributed by atoms with Crippen molar-refractivity contribution in [1.29, 1.82) is 0 Å². The molecule has 3 rings (SSSR count). The van der Waals surface area contributed by atoms with Crippen molar-refractivity contribution in [2.24, 2.45) is 0 Å². The Kier molecular flexibility index (Phi) is 3.92. The first-order valence-corrected chi connectivity index (χ1v) is 6.89. The van der Waals surface area contributed by atoms with Gasteiger partial charge in [0.1, 0.15) is 19.3 Å². The van der Waals surface area contributed by atoms with Gasteiger partial charge >= 0.3 is 0 Å². The maximum atomic E-state index is 14.0. The number of nitrogens with zero attached hydrogens (tertiary/aromatic N) is 4. The number of hydrogen-bond acceptors (Lipinski definition) is 4. The Morgan fingerprint density at radius 3 is 2.81 bits per heavy atom. The Hall–Kier alpha value is -2.28. The lowest BCUT2D eigenvalue weighted by Crippen LogP contribution is -2.01. The lowest BCUT2D eigenvalue weighted by molar-refractivity contribution is 0.286. The van der Waals surface area contributed by atoms with E-state index in [0.717, 1.165) is 10.2 Å². The van der Waals surface area contributed by atoms with Crippen molar-refractivity contribution in [2.45, 2.75) is 6.61 Å². The molecule has 21 heavy (non-hydrogen) atoms. The zero-order chi connectivity index (χ0) is 14.7. The molecule has 2 aromatic heterocycles. The summed E-state index contributed by atoms with van der Waals surface area (Å²) in [6.07, 6.45) is 4.56. The van der Waals surface area contributed by atoms with E-state index in [9.17, 15) is 4.39 Å². The number of hydrogen-bond donors (Lipinski definition) is 0. The highest BCUT2D eigenvalue weighted by molar-refractivity contribution is 9.10. The van der Waals surface area contributed by atoms with Gasteiger partial charge in [-0.15, -0.1) is 0 Å². The van der Waals surface area contributed by atoms with Crippen molar-refractivity contribution in [3.63, 3.8) is 0 Å². The molecule has 2 heterocycles. The monoisotopic (exact) mass is 348 g/mol. The molecule has 3 aromatic rings. The summed E-state index contributed by atoms with van der Waals surface area (Å²) in [5.41, 5.74) is 1.30. The van der Waals surface area contributed by atoms with E-state index in [2.05, 4.69) is 31.0 Å². The van der Waals surface area contributed by atoms with Gasteiger partial charge in [0.15, 0.2) is 11.6 Å². The fraction of sp³-hybridized carbons (Fsp3) is 0.0714. The minimum atomic E-state index is -0.458. The molecular weight excluding hydrogens is 339 g/mol. The second-order valence-corrected chi connectivity index (χ2v) is 5.13. The van der Waals surface area contributed by atoms with Crippen LogP contribution in [0.3, 0.4) is 0 Å². The van der Waals surface area contributed by atoms with Gasteiger partial charge < -0.3 is 4.74 Å². The molecule has 7 heteroatoms. The molecule has 1 aromatic carbocycles. The molecule has 0 aliphatic rings. The third-order valence-corrected chi connectivity index (χ3v) is 3.23. The van der Waals surface area contributed by atoms with Crippen LogP contribution < -0.4 is 4.74 Å². The normalized spacial score (nSPS) is 10.6. The summed E-state index contributed by atoms with van der Waals surface area (Å²) in [6, 6.07) is 8.29. The van der Waals surface area contributed by atoms with Crippen molar-refractivity contribution >= 4 is 15.9 Å². The Morgan fingerprint density at radius 2 is 2.14 bits per heavy atom. The molecule has 0 radical (unpaired) electrons. The van der Waals surface area contributed by atoms with Crippen molar-refractivity contribution in [1.82, 2.24) is 19.7 Å². The Balaban J connectivity index is 1.73. The van der Waals surface area contributed by atoms with Gasteiger partial charge in [0, 0.05) is 16.7 Å². The predicted molar refractivity (Wildman–Crippen MR) is 77.6 cm³/mol. The molecule has 0 amide bonds. The lowest BCUT2D eigenvalue weighted by atomic mass is 10.3. The standard InChI is InChI=1S/C14H10BrFN4O/c15-10-1-2-11(18-6-10)7-21-14-4-3-12(5-13(14)16)20-9-17-8-19-20/h1-6,8-9H,7H2. The molecule has 106 valence electrons. The van der Waals surface area contributed by atoms with E-state index in [1.54, 1.807) is 18.3 Å². The number of rotatable bonds is 4. The summed E-state index contributed by atoms with van der Waals surface area (Å²) in [5, 5.41) is 3.94. The summed E-state index contributed by atoms with van der Waals surface area (Å²) >= 11 is 3.30. The third kappa shape index (κ3) is 3.25. The number of aromatic nitrogens is 4. The summed E-state index contributed by atoms with van der Waals surface area (Å²) in [7, 11) is 0. The van der Waals surface area contributed by atoms with Gasteiger partial charge in [0.2, 0.25) is 0 Å². The van der Waals surface area contributed by atoms with E-state index in [1.165, 1.54) is 23.4 Å². The van der Waals surface area contributed by atoms with E-state index in [-0.39, 0.29) is 12.4 Å². The predicted octanol–water partition coefficient (Wildman–Crippen LogP) is 3.14. The second kappa shape index (κ2) is 6.01. The lowest BCUT2D eigenvalue weighted by Gasteiger charge is -2.08. The molecular formula is C14H10BrFN4O. The molecule has 5 nitrogen and oxygen atoms in total. The van der Waals surface area contributed by atoms with Crippen LogP contribution in [-0.4, -0.2) is 19.7 Å². The average Bonchev–Trinajstić information content (AvgIpc) is 3.02. The van der Waals surface area contributed by atoms with Crippen LogP contribution in [0.25, 0.3) is 5.69 Å². The maximum absolute atomic E-state index is 14.0. The first kappa shape index (κ1) is 13.7. The highest BCUT2D eigenvalue weighted by Gasteiger charge is 2.07. The van der Waals surface area contributed by atoms with Gasteiger partial charge in [-0.3, -0.25) is 4.98 Å². The summed E-state index contributed by atoms with van der Waals surface area (Å²) in [5.74, 6) is -0.288. The Morgan fingerprint density at radius 1 is 1.24 bits per heavy atom. The molecule has 0 N–H and O–H groups in total. The van der Waals surface area contributed by atoms with Gasteiger partial charge in [0.05, 0.1) is 11.4 Å². The second-order valence-electron chi connectivity index (χ2n) is 4.21. The largest absolute Gasteiger partial charge is 0.484 e. The molecule has 0 aliphatic heterocycles. The van der Waals surface area contributed by atoms with E-state index in [4.69, 9.17) is 4.74 Å². The average molecular weight is 349 g/mol. The van der Waals surface area contributed by atoms with Crippen molar-refractivity contribution in [3.05, 3.63) is 65.2 Å². The van der Waals surface area contributed by atoms with Crippen LogP contribution in [0.15, 0.2) is 53.7 Å². The first-order valence-electron chi connectivity index (χ1n) is 6.10. The van der Waals surface area contributed by atoms with Crippen molar-refractivity contribution < 1.29 is 9.13 Å². The maximum Gasteiger partial charge on any atom is 0.167 e. The van der Waals surface area contributed by atoms with Gasteiger partial charge in [0.25, 0.3) is 0 Å². The van der Waals surface area contributed by atoms with Crippen LogP contribution in [0.5, 0.6) is 5.75 Å². The fourth-order valence-corrected chi connectivity index (χ4v) is 1.97. The minimum Gasteiger partial charge on any atom is -0.484 e. The molecule has 0 saturated carbocycles. The quantitative estimate of drug-likeness (QED) is 0.726. The Bertz CT molecular complexity index is 731. The Labute approximate surface area is 128 Å². The summed E-state index contributed by atoms with van der Waals surface area (Å²) in [4.78, 5) is 7.98. The highest BCUT2D eigenvalue weighted by Crippen LogP contribution is 2.21. The molecule has 0 unspecified atom stereocenters. The van der Waals surface area contributed by atoms with Gasteiger partial charge in [-0.1, -0.05) is 0 Å². The van der Waals surface area contributed by atoms with Crippen molar-refractivity contribution in [2.75, 3.05) is 0 Å². The SMILES string of the molecule is Fc1cc(-n2cncn2)ccc1OCc1ccc(Br)cn1. The summed E-state index contributed by atoms with van der Waals surface area (Å²) < 4.78 is 21.8. The number of halogens is 2. The van der Waals surface area contributed by atoms with Crippen LogP contribution >= 0.6 is 15.9 Å². The van der Waals surface area contributed by atoms with Gasteiger partial charge in [-0.05, 0) is 40.2 Å². The molecule has 0 fully saturated rings. The molecule has 0 aliphatic carbocycles. The first-order chi connectivity index (χ1) is 10.2. The molecule has 0 saturated heterocycles. The van der Waals surface area contributed by atoms with Crippen LogP contribution in [-0.2, 0) is 6.61 Å². The fourth-order valence-electron chi connectivity index (χ4n) is 1.73. The zero-order valence-electron chi connectivity index (χ0n) is 10.8. The zero-order valence-corrected chi connectivity index (χ0v) is 12.4. The van der Waals surface area contributed by atoms with Crippen molar-refractivity contribution in [3.8, 4) is 11.4 Å². The van der Waals surface area contributed by atoms with E-state index < -0.39 is 5.82 Å². The molecule has 0 spiro atoms. The highest BCUT2D eigenvalue weighted by atomic mass is 79.9. The van der Waals surface area contributed by atoms with E-state index in [1.807, 2.05) is 12.1 Å². The summed E-state index contributed by atoms with van der Waals surface area (Å²) in [6.45, 7) is 0.201. The van der Waals surface area contributed by atoms with Crippen LogP contribution in [0, 0.1) is 5.82 Å². The van der Waals surface area contributed by atoms with E-state index in [0.29, 0.717) is 5.69 Å². The van der Waals surface area contributed by atoms with Gasteiger partial charge in [-0.2, -0.15) is 5.10 Å². The third-order valence-electron chi connectivity index (χ3n) is 2.76. The number of pyridine rings is 1. The number of benzene rings is 1. The van der Waals surface area contributed by atoms with Gasteiger partial charge in [-0.25, -0.2) is 14.1 Å². The minimum absolute atomic E-state index is 0.170. The topological polar surface area (TPSA) is 52.8 Å². The smallest absolute Gasteiger partial charge is 0.167 e. The van der Waals surface area contributed by atoms with Crippen LogP contribution in [0.1, 0.15) is 5.69 Å². The van der Waals surface area contributed by atoms with Crippen LogP contribution in [0.2, 0.25) is 0 Å². The van der Waals surface area contributed by atoms with Crippen LogP contribution in [0.4, 0.5) is 4.39 Å². The molecule has 0 atom stereocenters.